The van der Waals surface area contributed by atoms with Gasteiger partial charge in [-0.2, -0.15) is 0 Å². The van der Waals surface area contributed by atoms with Gasteiger partial charge in [0.05, 0.1) is 12.2 Å². The highest BCUT2D eigenvalue weighted by molar-refractivity contribution is 5.95. The molecule has 0 spiro atoms. The molecule has 0 unspecified atom stereocenters. The summed E-state index contributed by atoms with van der Waals surface area (Å²) in [5, 5.41) is 2.94. The van der Waals surface area contributed by atoms with Crippen molar-refractivity contribution in [3.63, 3.8) is 0 Å². The third kappa shape index (κ3) is 4.86. The number of para-hydroxylation sites is 3. The van der Waals surface area contributed by atoms with Crippen molar-refractivity contribution in [1.29, 1.82) is 0 Å². The van der Waals surface area contributed by atoms with Crippen LogP contribution in [0.4, 0.5) is 5.69 Å². The Kier molecular flexibility index (Phi) is 6.17. The number of rotatable bonds is 6. The summed E-state index contributed by atoms with van der Waals surface area (Å²) in [6, 6.07) is 24.7. The van der Waals surface area contributed by atoms with Gasteiger partial charge >= 0.3 is 0 Å². The van der Waals surface area contributed by atoms with Gasteiger partial charge in [-0.1, -0.05) is 54.6 Å². The quantitative estimate of drug-likeness (QED) is 0.665. The second-order valence-electron chi connectivity index (χ2n) is 7.29. The Morgan fingerprint density at radius 3 is 2.42 bits per heavy atom. The van der Waals surface area contributed by atoms with Crippen molar-refractivity contribution in [2.24, 2.45) is 0 Å². The van der Waals surface area contributed by atoms with Crippen LogP contribution in [0.3, 0.4) is 0 Å². The van der Waals surface area contributed by atoms with Gasteiger partial charge in [-0.05, 0) is 35.4 Å². The van der Waals surface area contributed by atoms with Gasteiger partial charge in [-0.15, -0.1) is 0 Å². The average molecular weight is 416 g/mol. The van der Waals surface area contributed by atoms with Crippen LogP contribution in [-0.4, -0.2) is 24.5 Å². The number of fused-ring (bicyclic) bond motifs is 1. The fraction of sp³-hybridized carbons (Fsp3) is 0.200. The molecule has 3 aromatic rings. The zero-order valence-corrected chi connectivity index (χ0v) is 17.3. The first-order valence-corrected chi connectivity index (χ1v) is 10.2. The van der Waals surface area contributed by atoms with Crippen molar-refractivity contribution in [3.05, 3.63) is 90.0 Å². The first kappa shape index (κ1) is 20.5. The van der Waals surface area contributed by atoms with Crippen LogP contribution in [0.25, 0.3) is 0 Å². The molecule has 158 valence electrons. The zero-order valence-electron chi connectivity index (χ0n) is 17.3. The van der Waals surface area contributed by atoms with E-state index in [9.17, 15) is 9.59 Å². The maximum Gasteiger partial charge on any atom is 0.263 e. The summed E-state index contributed by atoms with van der Waals surface area (Å²) in [5.41, 5.74) is 2.64. The summed E-state index contributed by atoms with van der Waals surface area (Å²) in [7, 11) is 0. The van der Waals surface area contributed by atoms with E-state index in [2.05, 4.69) is 5.32 Å². The van der Waals surface area contributed by atoms with E-state index in [0.717, 1.165) is 16.9 Å². The van der Waals surface area contributed by atoms with Gasteiger partial charge in [0.1, 0.15) is 18.1 Å². The van der Waals surface area contributed by atoms with Crippen molar-refractivity contribution in [1.82, 2.24) is 5.32 Å². The molecule has 0 aromatic heterocycles. The fourth-order valence-corrected chi connectivity index (χ4v) is 3.51. The number of ether oxygens (including phenoxy) is 2. The number of benzene rings is 3. The van der Waals surface area contributed by atoms with E-state index in [1.54, 1.807) is 11.0 Å². The van der Waals surface area contributed by atoms with E-state index in [1.165, 1.54) is 6.92 Å². The van der Waals surface area contributed by atoms with Crippen LogP contribution in [0.15, 0.2) is 78.9 Å². The van der Waals surface area contributed by atoms with E-state index in [-0.39, 0.29) is 18.4 Å². The van der Waals surface area contributed by atoms with Gasteiger partial charge in [-0.25, -0.2) is 0 Å². The van der Waals surface area contributed by atoms with Gasteiger partial charge in [0.2, 0.25) is 5.91 Å². The SMILES string of the molecule is CC(=O)N1C[C@@H](C(=O)NCc2ccccc2COc2ccccc2)Oc2ccccc21. The Bertz CT molecular complexity index is 1070. The molecule has 0 bridgehead atoms. The Morgan fingerprint density at radius 2 is 1.65 bits per heavy atom. The molecule has 0 aliphatic carbocycles. The van der Waals surface area contributed by atoms with Crippen LogP contribution in [-0.2, 0) is 22.7 Å². The van der Waals surface area contributed by atoms with Crippen LogP contribution in [0.5, 0.6) is 11.5 Å². The Hall–Kier alpha value is -3.80. The number of nitrogens with zero attached hydrogens (tertiary/aromatic N) is 1. The molecule has 1 atom stereocenters. The van der Waals surface area contributed by atoms with Crippen molar-refractivity contribution < 1.29 is 19.1 Å². The number of anilines is 1. The predicted molar refractivity (Wildman–Crippen MR) is 118 cm³/mol. The summed E-state index contributed by atoms with van der Waals surface area (Å²) in [6.07, 6.45) is -0.772. The maximum atomic E-state index is 12.8. The molecule has 1 heterocycles. The lowest BCUT2D eigenvalue weighted by molar-refractivity contribution is -0.128. The Labute approximate surface area is 181 Å². The highest BCUT2D eigenvalue weighted by Crippen LogP contribution is 2.33. The van der Waals surface area contributed by atoms with Crippen LogP contribution >= 0.6 is 0 Å². The number of carbonyl (C=O) groups is 2. The summed E-state index contributed by atoms with van der Waals surface area (Å²) in [4.78, 5) is 26.5. The summed E-state index contributed by atoms with van der Waals surface area (Å²) in [6.45, 7) is 2.41. The Morgan fingerprint density at radius 1 is 0.968 bits per heavy atom. The third-order valence-electron chi connectivity index (χ3n) is 5.16. The lowest BCUT2D eigenvalue weighted by Gasteiger charge is -2.33. The fourth-order valence-electron chi connectivity index (χ4n) is 3.51. The Balaban J connectivity index is 1.41. The van der Waals surface area contributed by atoms with Gasteiger partial charge in [0.15, 0.2) is 6.10 Å². The average Bonchev–Trinajstić information content (AvgIpc) is 2.81. The third-order valence-corrected chi connectivity index (χ3v) is 5.16. The van der Waals surface area contributed by atoms with E-state index in [4.69, 9.17) is 9.47 Å². The van der Waals surface area contributed by atoms with Crippen LogP contribution < -0.4 is 19.7 Å². The van der Waals surface area contributed by atoms with Crippen molar-refractivity contribution >= 4 is 17.5 Å². The minimum Gasteiger partial charge on any atom is -0.489 e. The smallest absolute Gasteiger partial charge is 0.263 e. The number of nitrogens with one attached hydrogen (secondary N) is 1. The molecule has 1 aliphatic heterocycles. The molecule has 0 fully saturated rings. The largest absolute Gasteiger partial charge is 0.489 e. The summed E-state index contributed by atoms with van der Waals surface area (Å²) < 4.78 is 11.7. The van der Waals surface area contributed by atoms with Crippen LogP contribution in [0.2, 0.25) is 0 Å². The second-order valence-corrected chi connectivity index (χ2v) is 7.29. The van der Waals surface area contributed by atoms with E-state index in [1.807, 2.05) is 72.8 Å². The highest BCUT2D eigenvalue weighted by Gasteiger charge is 2.32. The molecular weight excluding hydrogens is 392 g/mol. The summed E-state index contributed by atoms with van der Waals surface area (Å²) in [5.74, 6) is 0.928. The molecule has 3 aromatic carbocycles. The van der Waals surface area contributed by atoms with Crippen LogP contribution in [0, 0.1) is 0 Å². The highest BCUT2D eigenvalue weighted by atomic mass is 16.5. The number of hydrogen-bond donors (Lipinski definition) is 1. The topological polar surface area (TPSA) is 67.9 Å². The van der Waals surface area contributed by atoms with E-state index >= 15 is 0 Å². The normalized spacial score (nSPS) is 14.9. The summed E-state index contributed by atoms with van der Waals surface area (Å²) >= 11 is 0. The lowest BCUT2D eigenvalue weighted by Crippen LogP contribution is -2.50. The van der Waals surface area contributed by atoms with E-state index in [0.29, 0.717) is 24.6 Å². The van der Waals surface area contributed by atoms with E-state index < -0.39 is 6.10 Å². The zero-order chi connectivity index (χ0) is 21.6. The molecule has 0 saturated carbocycles. The first-order valence-electron chi connectivity index (χ1n) is 10.2. The first-order chi connectivity index (χ1) is 15.1. The van der Waals surface area contributed by atoms with Gasteiger partial charge in [0, 0.05) is 13.5 Å². The van der Waals surface area contributed by atoms with Crippen molar-refractivity contribution in [2.75, 3.05) is 11.4 Å². The molecule has 4 rings (SSSR count). The molecule has 31 heavy (non-hydrogen) atoms. The number of carbonyl (C=O) groups excluding carboxylic acids is 2. The molecule has 0 radical (unpaired) electrons. The molecule has 1 aliphatic rings. The van der Waals surface area contributed by atoms with Crippen molar-refractivity contribution in [3.8, 4) is 11.5 Å². The molecule has 2 amide bonds. The standard InChI is InChI=1S/C25H24N2O4/c1-18(28)27-16-24(31-23-14-8-7-13-22(23)27)25(29)26-15-19-9-5-6-10-20(19)17-30-21-11-3-2-4-12-21/h2-14,24H,15-17H2,1H3,(H,26,29)/t24-/m0/s1. The minimum atomic E-state index is -0.772. The monoisotopic (exact) mass is 416 g/mol. The molecule has 6 nitrogen and oxygen atoms in total. The van der Waals surface area contributed by atoms with Crippen molar-refractivity contribution in [2.45, 2.75) is 26.2 Å². The molecule has 0 saturated heterocycles. The number of hydrogen-bond acceptors (Lipinski definition) is 4. The van der Waals surface area contributed by atoms with Gasteiger partial charge < -0.3 is 19.7 Å². The molecule has 1 N–H and O–H groups in total. The minimum absolute atomic E-state index is 0.128. The number of amides is 2. The molecule has 6 heteroatoms. The van der Waals surface area contributed by atoms with Crippen LogP contribution in [0.1, 0.15) is 18.1 Å². The second kappa shape index (κ2) is 9.34. The van der Waals surface area contributed by atoms with Gasteiger partial charge in [-0.3, -0.25) is 9.59 Å². The molecular formula is C25H24N2O4. The maximum absolute atomic E-state index is 12.8. The van der Waals surface area contributed by atoms with Gasteiger partial charge in [0.25, 0.3) is 5.91 Å². The lowest BCUT2D eigenvalue weighted by atomic mass is 10.1. The predicted octanol–water partition coefficient (Wildman–Crippen LogP) is 3.70.